The monoisotopic (exact) mass is 432 g/mol. The summed E-state index contributed by atoms with van der Waals surface area (Å²) in [5.41, 5.74) is 2.11. The van der Waals surface area contributed by atoms with Crippen LogP contribution in [0.4, 0.5) is 0 Å². The Hall–Kier alpha value is -3.45. The minimum atomic E-state index is -0.0552. The van der Waals surface area contributed by atoms with Crippen LogP contribution in [0.1, 0.15) is 12.0 Å². The molecule has 2 N–H and O–H groups in total. The third kappa shape index (κ3) is 5.19. The van der Waals surface area contributed by atoms with E-state index in [1.165, 1.54) is 5.39 Å². The Bertz CT molecular complexity index is 1260. The second-order valence-corrected chi connectivity index (χ2v) is 7.72. The summed E-state index contributed by atoms with van der Waals surface area (Å²) in [4.78, 5) is 12.3. The van der Waals surface area contributed by atoms with Crippen LogP contribution in [-0.2, 0) is 11.3 Å². The van der Waals surface area contributed by atoms with Crippen molar-refractivity contribution < 1.29 is 9.53 Å². The van der Waals surface area contributed by atoms with Crippen LogP contribution in [0.25, 0.3) is 22.2 Å². The van der Waals surface area contributed by atoms with E-state index in [1.807, 2.05) is 66.1 Å². The molecule has 0 aliphatic rings. The lowest BCUT2D eigenvalue weighted by atomic mass is 10.1. The van der Waals surface area contributed by atoms with Gasteiger partial charge in [0.05, 0.1) is 6.54 Å². The number of hydrogen-bond acceptors (Lipinski definition) is 4. The van der Waals surface area contributed by atoms with E-state index < -0.39 is 0 Å². The molecule has 1 aromatic heterocycles. The first-order valence-electron chi connectivity index (χ1n) is 10.2. The second-order valence-electron chi connectivity index (χ2n) is 7.33. The predicted molar refractivity (Wildman–Crippen MR) is 125 cm³/mol. The number of nitrogens with one attached hydrogen (secondary N) is 2. The molecule has 0 unspecified atom stereocenters. The Balaban J connectivity index is 1.27. The van der Waals surface area contributed by atoms with Gasteiger partial charge in [0.25, 0.3) is 0 Å². The molecule has 0 saturated carbocycles. The van der Waals surface area contributed by atoms with Gasteiger partial charge in [-0.3, -0.25) is 14.5 Å². The van der Waals surface area contributed by atoms with E-state index in [1.54, 1.807) is 0 Å². The summed E-state index contributed by atoms with van der Waals surface area (Å²) in [6.45, 7) is 3.33. The van der Waals surface area contributed by atoms with Crippen LogP contribution in [0.15, 0.2) is 66.7 Å². The summed E-state index contributed by atoms with van der Waals surface area (Å²) in [7, 11) is 0. The lowest BCUT2D eigenvalue weighted by molar-refractivity contribution is -0.121. The van der Waals surface area contributed by atoms with E-state index in [9.17, 15) is 4.79 Å². The van der Waals surface area contributed by atoms with Crippen molar-refractivity contribution in [2.24, 2.45) is 0 Å². The largest absolute Gasteiger partial charge is 0.492 e. The summed E-state index contributed by atoms with van der Waals surface area (Å²) >= 11 is 5.34. The summed E-state index contributed by atoms with van der Waals surface area (Å²) in [6.07, 6.45) is 0.308. The molecular weight excluding hydrogens is 408 g/mol. The molecule has 0 bridgehead atoms. The van der Waals surface area contributed by atoms with Gasteiger partial charge in [0.1, 0.15) is 12.4 Å². The maximum Gasteiger partial charge on any atom is 0.221 e. The van der Waals surface area contributed by atoms with Gasteiger partial charge in [-0.05, 0) is 48.1 Å². The Morgan fingerprint density at radius 3 is 2.77 bits per heavy atom. The SMILES string of the molecule is Cc1cccc(-c2n[nH]c(=S)n2CCC(=O)NCCOc2ccc3ccccc3c2)c1. The fourth-order valence-electron chi connectivity index (χ4n) is 3.45. The summed E-state index contributed by atoms with van der Waals surface area (Å²) in [5, 5.41) is 12.4. The Morgan fingerprint density at radius 2 is 1.94 bits per heavy atom. The topological polar surface area (TPSA) is 71.9 Å². The fourth-order valence-corrected chi connectivity index (χ4v) is 3.67. The number of carbonyl (C=O) groups excluding carboxylic acids is 1. The summed E-state index contributed by atoms with van der Waals surface area (Å²) < 4.78 is 8.13. The standard InChI is InChI=1S/C24H24N4O2S/c1-17-5-4-8-20(15-17)23-26-27-24(31)28(23)13-11-22(29)25-12-14-30-21-10-9-18-6-2-3-7-19(18)16-21/h2-10,15-16H,11-14H2,1H3,(H,25,29)(H,27,31). The lowest BCUT2D eigenvalue weighted by Crippen LogP contribution is -2.28. The first-order valence-corrected chi connectivity index (χ1v) is 10.6. The van der Waals surface area contributed by atoms with E-state index in [4.69, 9.17) is 17.0 Å². The van der Waals surface area contributed by atoms with Gasteiger partial charge in [-0.15, -0.1) is 0 Å². The number of carbonyl (C=O) groups is 1. The van der Waals surface area contributed by atoms with Crippen LogP contribution in [0, 0.1) is 11.7 Å². The van der Waals surface area contributed by atoms with Crippen molar-refractivity contribution in [1.29, 1.82) is 0 Å². The van der Waals surface area contributed by atoms with E-state index in [-0.39, 0.29) is 5.91 Å². The van der Waals surface area contributed by atoms with Gasteiger partial charge in [0.15, 0.2) is 10.6 Å². The van der Waals surface area contributed by atoms with Gasteiger partial charge in [0.2, 0.25) is 5.91 Å². The highest BCUT2D eigenvalue weighted by Crippen LogP contribution is 2.20. The molecule has 7 heteroatoms. The number of aromatic nitrogens is 3. The van der Waals surface area contributed by atoms with Gasteiger partial charge in [-0.1, -0.05) is 54.1 Å². The number of nitrogens with zero attached hydrogens (tertiary/aromatic N) is 2. The van der Waals surface area contributed by atoms with Crippen molar-refractivity contribution in [2.45, 2.75) is 19.9 Å². The average Bonchev–Trinajstić information content (AvgIpc) is 3.15. The van der Waals surface area contributed by atoms with Gasteiger partial charge in [-0.2, -0.15) is 5.10 Å². The van der Waals surface area contributed by atoms with Crippen LogP contribution in [-0.4, -0.2) is 33.8 Å². The number of fused-ring (bicyclic) bond motifs is 1. The molecule has 0 aliphatic carbocycles. The number of aryl methyl sites for hydroxylation is 1. The minimum absolute atomic E-state index is 0.0552. The molecule has 31 heavy (non-hydrogen) atoms. The number of ether oxygens (including phenoxy) is 1. The van der Waals surface area contributed by atoms with Crippen molar-refractivity contribution in [2.75, 3.05) is 13.2 Å². The third-order valence-electron chi connectivity index (χ3n) is 5.01. The number of H-pyrrole nitrogens is 1. The molecule has 6 nitrogen and oxygen atoms in total. The Morgan fingerprint density at radius 1 is 1.10 bits per heavy atom. The van der Waals surface area contributed by atoms with Gasteiger partial charge in [0, 0.05) is 18.5 Å². The molecular formula is C24H24N4O2S. The van der Waals surface area contributed by atoms with Crippen molar-refractivity contribution in [1.82, 2.24) is 20.1 Å². The Labute approximate surface area is 185 Å². The first kappa shape index (κ1) is 20.8. The molecule has 158 valence electrons. The average molecular weight is 433 g/mol. The predicted octanol–water partition coefficient (Wildman–Crippen LogP) is 4.65. The quantitative estimate of drug-likeness (QED) is 0.314. The normalized spacial score (nSPS) is 10.9. The van der Waals surface area contributed by atoms with E-state index in [2.05, 4.69) is 27.6 Å². The van der Waals surface area contributed by atoms with E-state index >= 15 is 0 Å². The molecule has 0 atom stereocenters. The minimum Gasteiger partial charge on any atom is -0.492 e. The lowest BCUT2D eigenvalue weighted by Gasteiger charge is -2.10. The van der Waals surface area contributed by atoms with E-state index in [0.29, 0.717) is 30.9 Å². The van der Waals surface area contributed by atoms with Crippen LogP contribution in [0.3, 0.4) is 0 Å². The highest BCUT2D eigenvalue weighted by atomic mass is 32.1. The van der Waals surface area contributed by atoms with Crippen molar-refractivity contribution >= 4 is 28.9 Å². The molecule has 0 radical (unpaired) electrons. The number of aromatic amines is 1. The zero-order chi connectivity index (χ0) is 21.6. The van der Waals surface area contributed by atoms with Gasteiger partial charge < -0.3 is 10.1 Å². The van der Waals surface area contributed by atoms with Crippen molar-refractivity contribution in [3.8, 4) is 17.1 Å². The van der Waals surface area contributed by atoms with Crippen LogP contribution in [0.2, 0.25) is 0 Å². The molecule has 3 aromatic carbocycles. The van der Waals surface area contributed by atoms with Crippen molar-refractivity contribution in [3.05, 3.63) is 77.1 Å². The van der Waals surface area contributed by atoms with Crippen LogP contribution < -0.4 is 10.1 Å². The van der Waals surface area contributed by atoms with Crippen LogP contribution >= 0.6 is 12.2 Å². The Kier molecular flexibility index (Phi) is 6.43. The summed E-state index contributed by atoms with van der Waals surface area (Å²) in [5.74, 6) is 1.47. The summed E-state index contributed by atoms with van der Waals surface area (Å²) in [6, 6.07) is 22.2. The number of rotatable bonds is 8. The van der Waals surface area contributed by atoms with Gasteiger partial charge in [-0.25, -0.2) is 0 Å². The molecule has 4 rings (SSSR count). The first-order chi connectivity index (χ1) is 15.1. The second kappa shape index (κ2) is 9.57. The maximum absolute atomic E-state index is 12.3. The molecule has 0 fully saturated rings. The molecule has 4 aromatic rings. The van der Waals surface area contributed by atoms with Crippen molar-refractivity contribution in [3.63, 3.8) is 0 Å². The third-order valence-corrected chi connectivity index (χ3v) is 5.32. The molecule has 0 spiro atoms. The smallest absolute Gasteiger partial charge is 0.221 e. The fraction of sp³-hybridized carbons (Fsp3) is 0.208. The molecule has 0 saturated heterocycles. The number of benzene rings is 3. The molecule has 1 amide bonds. The molecule has 1 heterocycles. The van der Waals surface area contributed by atoms with E-state index in [0.717, 1.165) is 28.1 Å². The zero-order valence-corrected chi connectivity index (χ0v) is 18.1. The van der Waals surface area contributed by atoms with Gasteiger partial charge >= 0.3 is 0 Å². The number of amides is 1. The molecule has 0 aliphatic heterocycles. The number of hydrogen-bond donors (Lipinski definition) is 2. The highest BCUT2D eigenvalue weighted by Gasteiger charge is 2.11. The highest BCUT2D eigenvalue weighted by molar-refractivity contribution is 7.71. The zero-order valence-electron chi connectivity index (χ0n) is 17.3. The maximum atomic E-state index is 12.3. The van der Waals surface area contributed by atoms with Crippen LogP contribution in [0.5, 0.6) is 5.75 Å².